The fourth-order valence-electron chi connectivity index (χ4n) is 2.62. The number of carbonyl (C=O) groups is 1. The summed E-state index contributed by atoms with van der Waals surface area (Å²) in [6.45, 7) is 0. The van der Waals surface area contributed by atoms with Gasteiger partial charge in [-0.15, -0.1) is 0 Å². The Balaban J connectivity index is 2.26. The number of esters is 1. The Hall–Kier alpha value is -0.360. The third-order valence-electron chi connectivity index (χ3n) is 3.59. The largest absolute Gasteiger partial charge is 0.469 e. The first kappa shape index (κ1) is 12.1. The lowest BCUT2D eigenvalue weighted by Gasteiger charge is -2.52. The lowest BCUT2D eigenvalue weighted by atomic mass is 9.56. The van der Waals surface area contributed by atoms with E-state index in [1.54, 1.807) is 0 Å². The van der Waals surface area contributed by atoms with Crippen LogP contribution >= 0.6 is 11.8 Å². The highest BCUT2D eigenvalue weighted by Crippen LogP contribution is 2.61. The highest BCUT2D eigenvalue weighted by atomic mass is 32.2. The number of alkyl halides is 2. The van der Waals surface area contributed by atoms with E-state index in [-0.39, 0.29) is 0 Å². The van der Waals surface area contributed by atoms with Gasteiger partial charge in [0.15, 0.2) is 0 Å². The number of aliphatic hydroxyl groups is 1. The Morgan fingerprint density at radius 1 is 1.44 bits per heavy atom. The lowest BCUT2D eigenvalue weighted by molar-refractivity contribution is -0.240. The molecule has 2 rings (SSSR count). The Kier molecular flexibility index (Phi) is 2.70. The summed E-state index contributed by atoms with van der Waals surface area (Å²) in [4.78, 5) is 11.7. The van der Waals surface area contributed by atoms with Gasteiger partial charge in [-0.3, -0.25) is 4.79 Å². The monoisotopic (exact) mass is 252 g/mol. The van der Waals surface area contributed by atoms with Crippen LogP contribution in [0.15, 0.2) is 0 Å². The summed E-state index contributed by atoms with van der Waals surface area (Å²) < 4.78 is 30.6. The molecule has 1 saturated carbocycles. The molecule has 1 atom stereocenters. The Morgan fingerprint density at radius 3 is 2.44 bits per heavy atom. The Bertz CT molecular complexity index is 305. The summed E-state index contributed by atoms with van der Waals surface area (Å²) in [5, 5.41) is 10.3. The standard InChI is InChI=1S/C10H14F2O3S/c1-15-7(13)8(4-10(11,12)5-8)9(14)2-3-16-6-9/h14H,2-6H2,1H3. The zero-order chi connectivity index (χ0) is 12.0. The average molecular weight is 252 g/mol. The molecule has 0 radical (unpaired) electrons. The molecule has 92 valence electrons. The first-order valence-corrected chi connectivity index (χ1v) is 6.27. The maximum atomic E-state index is 13.0. The third-order valence-corrected chi connectivity index (χ3v) is 4.76. The number of methoxy groups -OCH3 is 1. The van der Waals surface area contributed by atoms with E-state index in [2.05, 4.69) is 4.74 Å². The van der Waals surface area contributed by atoms with E-state index in [9.17, 15) is 18.7 Å². The zero-order valence-electron chi connectivity index (χ0n) is 8.96. The van der Waals surface area contributed by atoms with Crippen LogP contribution in [0, 0.1) is 5.41 Å². The van der Waals surface area contributed by atoms with Gasteiger partial charge < -0.3 is 9.84 Å². The van der Waals surface area contributed by atoms with Crippen LogP contribution in [0.4, 0.5) is 8.78 Å². The number of carbonyl (C=O) groups excluding carboxylic acids is 1. The van der Waals surface area contributed by atoms with Crippen molar-refractivity contribution >= 4 is 17.7 Å². The molecule has 0 amide bonds. The van der Waals surface area contributed by atoms with Crippen LogP contribution < -0.4 is 0 Å². The van der Waals surface area contributed by atoms with Crippen molar-refractivity contribution in [2.24, 2.45) is 5.41 Å². The van der Waals surface area contributed by atoms with E-state index in [1.807, 2.05) is 0 Å². The molecule has 0 aromatic rings. The summed E-state index contributed by atoms with van der Waals surface area (Å²) in [7, 11) is 1.17. The summed E-state index contributed by atoms with van der Waals surface area (Å²) in [6.07, 6.45) is -0.809. The van der Waals surface area contributed by atoms with Crippen molar-refractivity contribution in [1.29, 1.82) is 0 Å². The maximum absolute atomic E-state index is 13.0. The minimum absolute atomic E-state index is 0.332. The Labute approximate surface area is 96.5 Å². The van der Waals surface area contributed by atoms with E-state index in [0.717, 1.165) is 0 Å². The summed E-state index contributed by atoms with van der Waals surface area (Å²) >= 11 is 1.48. The van der Waals surface area contributed by atoms with Gasteiger partial charge in [-0.05, 0) is 12.2 Å². The van der Waals surface area contributed by atoms with Crippen LogP contribution in [0.5, 0.6) is 0 Å². The molecule has 2 fully saturated rings. The van der Waals surface area contributed by atoms with Gasteiger partial charge in [-0.25, -0.2) is 8.78 Å². The molecule has 1 N–H and O–H groups in total. The number of rotatable bonds is 2. The van der Waals surface area contributed by atoms with Gasteiger partial charge in [0.05, 0.1) is 12.7 Å². The molecular weight excluding hydrogens is 238 g/mol. The predicted molar refractivity (Wildman–Crippen MR) is 55.5 cm³/mol. The molecule has 0 aromatic carbocycles. The van der Waals surface area contributed by atoms with E-state index in [4.69, 9.17) is 0 Å². The molecule has 1 aliphatic carbocycles. The number of hydrogen-bond acceptors (Lipinski definition) is 4. The van der Waals surface area contributed by atoms with Crippen LogP contribution in [-0.2, 0) is 9.53 Å². The average Bonchev–Trinajstić information content (AvgIpc) is 2.61. The van der Waals surface area contributed by atoms with Gasteiger partial charge in [0, 0.05) is 18.6 Å². The van der Waals surface area contributed by atoms with Gasteiger partial charge >= 0.3 is 5.97 Å². The van der Waals surface area contributed by atoms with E-state index in [0.29, 0.717) is 17.9 Å². The minimum atomic E-state index is -2.85. The van der Waals surface area contributed by atoms with Crippen LogP contribution in [0.3, 0.4) is 0 Å². The van der Waals surface area contributed by atoms with Crippen LogP contribution in [0.1, 0.15) is 19.3 Å². The molecule has 1 unspecified atom stereocenters. The topological polar surface area (TPSA) is 46.5 Å². The molecule has 6 heteroatoms. The minimum Gasteiger partial charge on any atom is -0.469 e. The molecule has 2 aliphatic rings. The number of thioether (sulfide) groups is 1. The molecule has 1 saturated heterocycles. The molecule has 16 heavy (non-hydrogen) atoms. The van der Waals surface area contributed by atoms with Crippen molar-refractivity contribution in [3.8, 4) is 0 Å². The van der Waals surface area contributed by atoms with Crippen molar-refractivity contribution in [3.63, 3.8) is 0 Å². The fraction of sp³-hybridized carbons (Fsp3) is 0.900. The van der Waals surface area contributed by atoms with Gasteiger partial charge in [0.2, 0.25) is 0 Å². The van der Waals surface area contributed by atoms with Crippen molar-refractivity contribution in [2.75, 3.05) is 18.6 Å². The molecule has 1 heterocycles. The zero-order valence-corrected chi connectivity index (χ0v) is 9.78. The van der Waals surface area contributed by atoms with Crippen molar-refractivity contribution in [3.05, 3.63) is 0 Å². The smallest absolute Gasteiger partial charge is 0.315 e. The number of halogens is 2. The molecule has 0 spiro atoms. The van der Waals surface area contributed by atoms with Crippen LogP contribution in [0.2, 0.25) is 0 Å². The van der Waals surface area contributed by atoms with Gasteiger partial charge in [-0.2, -0.15) is 11.8 Å². The van der Waals surface area contributed by atoms with Crippen LogP contribution in [0.25, 0.3) is 0 Å². The van der Waals surface area contributed by atoms with Crippen molar-refractivity contribution in [2.45, 2.75) is 30.8 Å². The summed E-state index contributed by atoms with van der Waals surface area (Å²) in [5.41, 5.74) is -2.72. The predicted octanol–water partition coefficient (Wildman–Crippen LogP) is 1.44. The molecule has 0 aromatic heterocycles. The summed E-state index contributed by atoms with van der Waals surface area (Å²) in [5.74, 6) is -2.53. The third kappa shape index (κ3) is 1.54. The number of ether oxygens (including phenoxy) is 1. The second-order valence-corrected chi connectivity index (χ2v) is 5.72. The Morgan fingerprint density at radius 2 is 2.06 bits per heavy atom. The SMILES string of the molecule is COC(=O)C1(C2(O)CCSC2)CC(F)(F)C1. The quantitative estimate of drug-likeness (QED) is 0.755. The van der Waals surface area contributed by atoms with Crippen molar-refractivity contribution < 1.29 is 23.4 Å². The number of hydrogen-bond donors (Lipinski definition) is 1. The van der Waals surface area contributed by atoms with Gasteiger partial charge in [0.1, 0.15) is 5.41 Å². The molecule has 3 nitrogen and oxygen atoms in total. The molecule has 0 bridgehead atoms. The first-order valence-electron chi connectivity index (χ1n) is 5.12. The van der Waals surface area contributed by atoms with Gasteiger partial charge in [-0.1, -0.05) is 0 Å². The normalized spacial score (nSPS) is 35.5. The van der Waals surface area contributed by atoms with E-state index >= 15 is 0 Å². The molecular formula is C10H14F2O3S. The maximum Gasteiger partial charge on any atom is 0.315 e. The van der Waals surface area contributed by atoms with Gasteiger partial charge in [0.25, 0.3) is 5.92 Å². The highest BCUT2D eigenvalue weighted by molar-refractivity contribution is 7.99. The fourth-order valence-corrected chi connectivity index (χ4v) is 4.01. The second-order valence-electron chi connectivity index (χ2n) is 4.62. The lowest BCUT2D eigenvalue weighted by Crippen LogP contribution is -2.64. The van der Waals surface area contributed by atoms with E-state index < -0.39 is 35.7 Å². The molecule has 1 aliphatic heterocycles. The van der Waals surface area contributed by atoms with Crippen LogP contribution in [-0.4, -0.2) is 41.2 Å². The van der Waals surface area contributed by atoms with Crippen molar-refractivity contribution in [1.82, 2.24) is 0 Å². The summed E-state index contributed by atoms with van der Waals surface area (Å²) in [6, 6.07) is 0. The highest BCUT2D eigenvalue weighted by Gasteiger charge is 2.71. The van der Waals surface area contributed by atoms with E-state index in [1.165, 1.54) is 18.9 Å². The first-order chi connectivity index (χ1) is 7.35. The second kappa shape index (κ2) is 3.57.